The van der Waals surface area contributed by atoms with Gasteiger partial charge in [-0.2, -0.15) is 0 Å². The molecule has 0 saturated heterocycles. The molecular formula is C26H27ClN4O6. The fourth-order valence-electron chi connectivity index (χ4n) is 4.44. The van der Waals surface area contributed by atoms with Crippen LogP contribution in [0.25, 0.3) is 11.0 Å². The average molecular weight is 527 g/mol. The number of pyridine rings is 1. The Hall–Kier alpha value is -3.92. The number of carbonyl (C=O) groups is 4. The van der Waals surface area contributed by atoms with Gasteiger partial charge in [0, 0.05) is 37.5 Å². The number of nitrogens with one attached hydrogen (secondary N) is 2. The minimum absolute atomic E-state index is 0.0600. The summed E-state index contributed by atoms with van der Waals surface area (Å²) in [5.74, 6) is -1.78. The predicted octanol–water partition coefficient (Wildman–Crippen LogP) is 4.35. The first kappa shape index (κ1) is 26.2. The Morgan fingerprint density at radius 1 is 1.03 bits per heavy atom. The van der Waals surface area contributed by atoms with Gasteiger partial charge in [0.2, 0.25) is 17.6 Å². The molecule has 0 atom stereocenters. The highest BCUT2D eigenvalue weighted by Gasteiger charge is 2.32. The van der Waals surface area contributed by atoms with Crippen LogP contribution in [0.4, 0.5) is 11.5 Å². The molecule has 2 N–H and O–H groups in total. The molecular weight excluding hydrogens is 500 g/mol. The first-order valence-corrected chi connectivity index (χ1v) is 12.2. The van der Waals surface area contributed by atoms with Crippen LogP contribution in [-0.4, -0.2) is 54.8 Å². The Balaban J connectivity index is 1.62. The highest BCUT2D eigenvalue weighted by molar-refractivity contribution is 6.30. The zero-order chi connectivity index (χ0) is 26.7. The Kier molecular flexibility index (Phi) is 7.77. The molecule has 1 aliphatic carbocycles. The van der Waals surface area contributed by atoms with E-state index in [9.17, 15) is 19.2 Å². The number of methoxy groups -OCH3 is 1. The van der Waals surface area contributed by atoms with E-state index in [2.05, 4.69) is 15.6 Å². The van der Waals surface area contributed by atoms with Gasteiger partial charge in [0.05, 0.1) is 17.7 Å². The Morgan fingerprint density at radius 2 is 1.73 bits per heavy atom. The van der Waals surface area contributed by atoms with Crippen molar-refractivity contribution in [2.75, 3.05) is 31.8 Å². The molecule has 0 spiro atoms. The van der Waals surface area contributed by atoms with E-state index >= 15 is 0 Å². The second-order valence-corrected chi connectivity index (χ2v) is 9.53. The van der Waals surface area contributed by atoms with E-state index in [4.69, 9.17) is 20.8 Å². The van der Waals surface area contributed by atoms with Crippen molar-refractivity contribution < 1.29 is 28.3 Å². The Morgan fingerprint density at radius 3 is 2.35 bits per heavy atom. The number of carbonyl (C=O) groups excluding carboxylic acids is 4. The summed E-state index contributed by atoms with van der Waals surface area (Å²) < 4.78 is 10.6. The number of fused-ring (bicyclic) bond motifs is 1. The first-order valence-electron chi connectivity index (χ1n) is 11.8. The van der Waals surface area contributed by atoms with Gasteiger partial charge in [-0.15, -0.1) is 0 Å². The van der Waals surface area contributed by atoms with Gasteiger partial charge < -0.3 is 24.7 Å². The third-order valence-electron chi connectivity index (χ3n) is 6.42. The van der Waals surface area contributed by atoms with Gasteiger partial charge in [0.15, 0.2) is 0 Å². The second-order valence-electron chi connectivity index (χ2n) is 9.09. The standard InChI is InChI=1S/C26H27ClN4O6/c1-31(2)25(34)15-6-4-14(5-7-15)23(32)30-21-18-12-16(26(35)36-3)8-10-19(18)37-22(21)24(33)29-20-11-9-17(27)13-28-20/h8-15H,4-7H2,1-3H3,(H,30,32)(H,28,29,33)/t14-,15-. The third-order valence-corrected chi connectivity index (χ3v) is 6.64. The zero-order valence-electron chi connectivity index (χ0n) is 20.7. The molecule has 2 aromatic heterocycles. The Bertz CT molecular complexity index is 1340. The van der Waals surface area contributed by atoms with Crippen molar-refractivity contribution in [2.45, 2.75) is 25.7 Å². The van der Waals surface area contributed by atoms with E-state index in [-0.39, 0.29) is 46.5 Å². The van der Waals surface area contributed by atoms with Crippen LogP contribution in [0.5, 0.6) is 0 Å². The summed E-state index contributed by atoms with van der Waals surface area (Å²) in [5, 5.41) is 6.26. The van der Waals surface area contributed by atoms with Crippen molar-refractivity contribution >= 4 is 57.8 Å². The van der Waals surface area contributed by atoms with Crippen LogP contribution < -0.4 is 10.6 Å². The van der Waals surface area contributed by atoms with Crippen molar-refractivity contribution in [3.63, 3.8) is 0 Å². The van der Waals surface area contributed by atoms with Gasteiger partial charge >= 0.3 is 5.97 Å². The van der Waals surface area contributed by atoms with Gasteiger partial charge in [0.1, 0.15) is 17.1 Å². The van der Waals surface area contributed by atoms with E-state index in [1.807, 2.05) is 0 Å². The average Bonchev–Trinajstić information content (AvgIpc) is 3.26. The van der Waals surface area contributed by atoms with Gasteiger partial charge in [-0.3, -0.25) is 14.4 Å². The molecule has 10 nitrogen and oxygen atoms in total. The summed E-state index contributed by atoms with van der Waals surface area (Å²) in [4.78, 5) is 56.4. The van der Waals surface area contributed by atoms with E-state index < -0.39 is 11.9 Å². The van der Waals surface area contributed by atoms with Crippen LogP contribution in [0, 0.1) is 11.8 Å². The van der Waals surface area contributed by atoms with Gasteiger partial charge in [0.25, 0.3) is 5.91 Å². The van der Waals surface area contributed by atoms with Crippen molar-refractivity contribution in [1.29, 1.82) is 0 Å². The van der Waals surface area contributed by atoms with E-state index in [0.717, 1.165) is 0 Å². The molecule has 0 radical (unpaired) electrons. The van der Waals surface area contributed by atoms with E-state index in [1.165, 1.54) is 37.6 Å². The number of esters is 1. The molecule has 3 aromatic rings. The smallest absolute Gasteiger partial charge is 0.337 e. The van der Waals surface area contributed by atoms with E-state index in [0.29, 0.717) is 41.7 Å². The number of hydrogen-bond acceptors (Lipinski definition) is 7. The quantitative estimate of drug-likeness (QED) is 0.456. The van der Waals surface area contributed by atoms with Crippen molar-refractivity contribution in [2.24, 2.45) is 11.8 Å². The number of hydrogen-bond donors (Lipinski definition) is 2. The monoisotopic (exact) mass is 526 g/mol. The molecule has 2 heterocycles. The number of aromatic nitrogens is 1. The molecule has 4 rings (SSSR count). The SMILES string of the molecule is COC(=O)c1ccc2oc(C(=O)Nc3ccc(Cl)cn3)c(NC(=O)[C@H]3CC[C@H](C(=O)N(C)C)CC3)c2c1. The summed E-state index contributed by atoms with van der Waals surface area (Å²) in [6.07, 6.45) is 3.66. The van der Waals surface area contributed by atoms with E-state index in [1.54, 1.807) is 25.1 Å². The topological polar surface area (TPSA) is 131 Å². The molecule has 1 saturated carbocycles. The minimum Gasteiger partial charge on any atom is -0.465 e. The van der Waals surface area contributed by atoms with Crippen LogP contribution in [0.1, 0.15) is 46.6 Å². The molecule has 1 fully saturated rings. The largest absolute Gasteiger partial charge is 0.465 e. The summed E-state index contributed by atoms with van der Waals surface area (Å²) in [6, 6.07) is 7.65. The maximum atomic E-state index is 13.3. The number of furan rings is 1. The lowest BCUT2D eigenvalue weighted by molar-refractivity contribution is -0.135. The van der Waals surface area contributed by atoms with Crippen LogP contribution in [0.2, 0.25) is 5.02 Å². The number of halogens is 1. The molecule has 0 unspecified atom stereocenters. The number of nitrogens with zero attached hydrogens (tertiary/aromatic N) is 2. The molecule has 3 amide bonds. The number of anilines is 2. The molecule has 0 bridgehead atoms. The van der Waals surface area contributed by atoms with Crippen LogP contribution in [0.15, 0.2) is 40.9 Å². The van der Waals surface area contributed by atoms with Gasteiger partial charge in [-0.1, -0.05) is 11.6 Å². The number of amides is 3. The fraction of sp³-hybridized carbons (Fsp3) is 0.346. The molecule has 0 aliphatic heterocycles. The maximum absolute atomic E-state index is 13.3. The second kappa shape index (κ2) is 11.0. The van der Waals surface area contributed by atoms with Crippen LogP contribution in [0.3, 0.4) is 0 Å². The summed E-state index contributed by atoms with van der Waals surface area (Å²) >= 11 is 5.87. The predicted molar refractivity (Wildman–Crippen MR) is 138 cm³/mol. The Labute approximate surface area is 218 Å². The lowest BCUT2D eigenvalue weighted by atomic mass is 9.81. The first-order chi connectivity index (χ1) is 17.7. The van der Waals surface area contributed by atoms with Crippen molar-refractivity contribution in [3.05, 3.63) is 52.9 Å². The lowest BCUT2D eigenvalue weighted by Gasteiger charge is -2.28. The highest BCUT2D eigenvalue weighted by Crippen LogP contribution is 2.35. The molecule has 37 heavy (non-hydrogen) atoms. The van der Waals surface area contributed by atoms with Gasteiger partial charge in [-0.05, 0) is 56.0 Å². The van der Waals surface area contributed by atoms with Crippen LogP contribution in [-0.2, 0) is 14.3 Å². The normalized spacial score (nSPS) is 17.2. The minimum atomic E-state index is -0.638. The lowest BCUT2D eigenvalue weighted by Crippen LogP contribution is -2.35. The summed E-state index contributed by atoms with van der Waals surface area (Å²) in [5.41, 5.74) is 0.682. The van der Waals surface area contributed by atoms with Crippen molar-refractivity contribution in [1.82, 2.24) is 9.88 Å². The number of rotatable bonds is 6. The zero-order valence-corrected chi connectivity index (χ0v) is 21.4. The molecule has 1 aromatic carbocycles. The third kappa shape index (κ3) is 5.75. The molecule has 11 heteroatoms. The maximum Gasteiger partial charge on any atom is 0.337 e. The summed E-state index contributed by atoms with van der Waals surface area (Å²) in [7, 11) is 4.71. The number of benzene rings is 1. The molecule has 194 valence electrons. The molecule has 1 aliphatic rings. The van der Waals surface area contributed by atoms with Crippen LogP contribution >= 0.6 is 11.6 Å². The van der Waals surface area contributed by atoms with Gasteiger partial charge in [-0.25, -0.2) is 9.78 Å². The fourth-order valence-corrected chi connectivity index (χ4v) is 4.55. The summed E-state index contributed by atoms with van der Waals surface area (Å²) in [6.45, 7) is 0. The number of ether oxygens (including phenoxy) is 1. The highest BCUT2D eigenvalue weighted by atomic mass is 35.5. The van der Waals surface area contributed by atoms with Crippen molar-refractivity contribution in [3.8, 4) is 0 Å².